The van der Waals surface area contributed by atoms with Gasteiger partial charge in [0.1, 0.15) is 11.6 Å². The van der Waals surface area contributed by atoms with Crippen LogP contribution in [0.1, 0.15) is 37.3 Å². The summed E-state index contributed by atoms with van der Waals surface area (Å²) < 4.78 is 55.9. The number of fused-ring (bicyclic) bond motifs is 3. The number of para-hydroxylation sites is 1. The molecule has 2 aromatic rings. The van der Waals surface area contributed by atoms with Gasteiger partial charge in [-0.3, -0.25) is 9.69 Å². The van der Waals surface area contributed by atoms with Crippen molar-refractivity contribution in [1.82, 2.24) is 9.21 Å². The van der Waals surface area contributed by atoms with Crippen molar-refractivity contribution in [2.75, 3.05) is 24.2 Å². The van der Waals surface area contributed by atoms with E-state index < -0.39 is 21.7 Å². The molecule has 2 bridgehead atoms. The molecule has 0 spiro atoms. The van der Waals surface area contributed by atoms with Gasteiger partial charge in [0.15, 0.2) is 0 Å². The molecule has 9 heteroatoms. The summed E-state index contributed by atoms with van der Waals surface area (Å²) in [5.74, 6) is -1.40. The SMILES string of the molecule is CC(=O)N1CC[C@H]2CC[C@@H](CN(Cc3c(F)cccc3F)Cc3ccccc31)N2S(C)(=O)=O. The van der Waals surface area contributed by atoms with Gasteiger partial charge in [-0.2, -0.15) is 4.31 Å². The molecule has 2 heterocycles. The van der Waals surface area contributed by atoms with Crippen molar-refractivity contribution in [3.8, 4) is 0 Å². The predicted octanol–water partition coefficient (Wildman–Crippen LogP) is 3.52. The van der Waals surface area contributed by atoms with Gasteiger partial charge in [0.2, 0.25) is 15.9 Å². The third-order valence-electron chi connectivity index (χ3n) is 6.59. The maximum Gasteiger partial charge on any atom is 0.223 e. The number of benzene rings is 2. The van der Waals surface area contributed by atoms with E-state index in [4.69, 9.17) is 0 Å². The molecule has 6 nitrogen and oxygen atoms in total. The summed E-state index contributed by atoms with van der Waals surface area (Å²) in [7, 11) is -3.50. The van der Waals surface area contributed by atoms with Gasteiger partial charge in [-0.25, -0.2) is 17.2 Å². The average Bonchev–Trinajstić information content (AvgIpc) is 3.13. The van der Waals surface area contributed by atoms with Gasteiger partial charge in [-0.15, -0.1) is 0 Å². The van der Waals surface area contributed by atoms with E-state index in [0.29, 0.717) is 38.9 Å². The predicted molar refractivity (Wildman–Crippen MR) is 123 cm³/mol. The summed E-state index contributed by atoms with van der Waals surface area (Å²) in [6.07, 6.45) is 3.08. The molecule has 33 heavy (non-hydrogen) atoms. The second kappa shape index (κ2) is 9.48. The van der Waals surface area contributed by atoms with Crippen molar-refractivity contribution in [3.05, 3.63) is 65.2 Å². The van der Waals surface area contributed by atoms with Crippen molar-refractivity contribution in [3.63, 3.8) is 0 Å². The molecule has 2 aliphatic heterocycles. The van der Waals surface area contributed by atoms with Crippen LogP contribution in [0.5, 0.6) is 0 Å². The molecule has 0 N–H and O–H groups in total. The lowest BCUT2D eigenvalue weighted by Crippen LogP contribution is -2.46. The zero-order chi connectivity index (χ0) is 23.8. The van der Waals surface area contributed by atoms with Crippen molar-refractivity contribution >= 4 is 21.6 Å². The first-order valence-corrected chi connectivity index (χ1v) is 13.0. The zero-order valence-electron chi connectivity index (χ0n) is 18.9. The molecule has 0 unspecified atom stereocenters. The van der Waals surface area contributed by atoms with E-state index in [1.165, 1.54) is 31.4 Å². The Morgan fingerprint density at radius 2 is 1.67 bits per heavy atom. The van der Waals surface area contributed by atoms with Crippen LogP contribution in [0.2, 0.25) is 0 Å². The number of amides is 1. The molecule has 1 fully saturated rings. The third kappa shape index (κ3) is 5.10. The highest BCUT2D eigenvalue weighted by Crippen LogP contribution is 2.33. The molecule has 0 aromatic heterocycles. The van der Waals surface area contributed by atoms with Crippen LogP contribution in [-0.4, -0.2) is 55.0 Å². The van der Waals surface area contributed by atoms with E-state index in [1.807, 2.05) is 29.2 Å². The molecule has 0 saturated carbocycles. The van der Waals surface area contributed by atoms with E-state index in [1.54, 1.807) is 9.21 Å². The van der Waals surface area contributed by atoms with Crippen LogP contribution in [-0.2, 0) is 27.9 Å². The maximum atomic E-state index is 14.5. The zero-order valence-corrected chi connectivity index (χ0v) is 19.7. The van der Waals surface area contributed by atoms with Crippen LogP contribution in [0.4, 0.5) is 14.5 Å². The van der Waals surface area contributed by atoms with E-state index >= 15 is 0 Å². The van der Waals surface area contributed by atoms with Gasteiger partial charge in [-0.05, 0) is 43.0 Å². The highest BCUT2D eigenvalue weighted by Gasteiger charge is 2.41. The number of hydrogen-bond donors (Lipinski definition) is 0. The minimum atomic E-state index is -3.50. The lowest BCUT2D eigenvalue weighted by molar-refractivity contribution is -0.116. The number of hydrogen-bond acceptors (Lipinski definition) is 4. The Morgan fingerprint density at radius 1 is 1.00 bits per heavy atom. The number of halogens is 2. The fraction of sp³-hybridized carbons (Fsp3) is 0.458. The molecule has 0 aliphatic carbocycles. The lowest BCUT2D eigenvalue weighted by Gasteiger charge is -2.32. The fourth-order valence-corrected chi connectivity index (χ4v) is 6.65. The Bertz CT molecular complexity index is 1120. The lowest BCUT2D eigenvalue weighted by atomic mass is 10.1. The summed E-state index contributed by atoms with van der Waals surface area (Å²) >= 11 is 0. The molecular weight excluding hydrogens is 448 g/mol. The van der Waals surface area contributed by atoms with E-state index in [-0.39, 0.29) is 30.1 Å². The maximum absolute atomic E-state index is 14.5. The summed E-state index contributed by atoms with van der Waals surface area (Å²) in [5.41, 5.74) is 1.55. The summed E-state index contributed by atoms with van der Waals surface area (Å²) in [6, 6.07) is 10.8. The highest BCUT2D eigenvalue weighted by molar-refractivity contribution is 7.88. The second-order valence-electron chi connectivity index (χ2n) is 8.94. The normalized spacial score (nSPS) is 22.6. The van der Waals surface area contributed by atoms with Crippen LogP contribution in [0.3, 0.4) is 0 Å². The first kappa shape index (κ1) is 23.8. The quantitative estimate of drug-likeness (QED) is 0.679. The Labute approximate surface area is 193 Å². The van der Waals surface area contributed by atoms with Crippen LogP contribution in [0, 0.1) is 11.6 Å². The Morgan fingerprint density at radius 3 is 2.33 bits per heavy atom. The number of nitrogens with zero attached hydrogens (tertiary/aromatic N) is 3. The molecule has 4 rings (SSSR count). The van der Waals surface area contributed by atoms with Gasteiger partial charge in [0.05, 0.1) is 6.26 Å². The van der Waals surface area contributed by atoms with Gasteiger partial charge in [0, 0.05) is 56.4 Å². The molecule has 2 atom stereocenters. The van der Waals surface area contributed by atoms with Gasteiger partial charge >= 0.3 is 0 Å². The Balaban J connectivity index is 1.78. The van der Waals surface area contributed by atoms with E-state index in [9.17, 15) is 22.0 Å². The van der Waals surface area contributed by atoms with E-state index in [2.05, 4.69) is 0 Å². The minimum Gasteiger partial charge on any atom is -0.312 e. The fourth-order valence-electron chi connectivity index (χ4n) is 5.19. The summed E-state index contributed by atoms with van der Waals surface area (Å²) in [5, 5.41) is 0. The topological polar surface area (TPSA) is 60.9 Å². The van der Waals surface area contributed by atoms with Gasteiger partial charge in [0.25, 0.3) is 0 Å². The first-order valence-electron chi connectivity index (χ1n) is 11.1. The number of carbonyl (C=O) groups excluding carboxylic acids is 1. The van der Waals surface area contributed by atoms with Crippen LogP contribution in [0.15, 0.2) is 42.5 Å². The van der Waals surface area contributed by atoms with E-state index in [0.717, 1.165) is 11.3 Å². The monoisotopic (exact) mass is 477 g/mol. The van der Waals surface area contributed by atoms with Crippen LogP contribution >= 0.6 is 0 Å². The van der Waals surface area contributed by atoms with Crippen LogP contribution < -0.4 is 4.90 Å². The molecule has 0 radical (unpaired) electrons. The number of sulfonamides is 1. The third-order valence-corrected chi connectivity index (χ3v) is 7.95. The van der Waals surface area contributed by atoms with Gasteiger partial charge < -0.3 is 4.90 Å². The molecule has 1 amide bonds. The average molecular weight is 478 g/mol. The van der Waals surface area contributed by atoms with Crippen LogP contribution in [0.25, 0.3) is 0 Å². The molecule has 178 valence electrons. The largest absolute Gasteiger partial charge is 0.312 e. The first-order chi connectivity index (χ1) is 15.6. The molecular formula is C24H29F2N3O3S. The Kier molecular flexibility index (Phi) is 6.83. The molecule has 1 saturated heterocycles. The van der Waals surface area contributed by atoms with Crippen molar-refractivity contribution in [2.24, 2.45) is 0 Å². The second-order valence-corrected chi connectivity index (χ2v) is 10.8. The standard InChI is InChI=1S/C24H29F2N3O3S/c1-17(30)28-13-12-19-10-11-20(29(19)33(2,31)32)15-27(14-18-6-3-4-9-24(18)28)16-21-22(25)7-5-8-23(21)26/h3-9,19-20H,10-16H2,1-2H3/t19-,20+/m1/s1. The number of anilines is 1. The number of carbonyl (C=O) groups is 1. The van der Waals surface area contributed by atoms with Gasteiger partial charge in [-0.1, -0.05) is 24.3 Å². The summed E-state index contributed by atoms with van der Waals surface area (Å²) in [4.78, 5) is 16.1. The van der Waals surface area contributed by atoms with Crippen molar-refractivity contribution < 1.29 is 22.0 Å². The smallest absolute Gasteiger partial charge is 0.223 e. The Hall–Kier alpha value is -2.36. The van der Waals surface area contributed by atoms with Crippen molar-refractivity contribution in [1.29, 1.82) is 0 Å². The molecule has 2 aromatic carbocycles. The number of rotatable bonds is 3. The van der Waals surface area contributed by atoms with Crippen molar-refractivity contribution in [2.45, 2.75) is 51.4 Å². The minimum absolute atomic E-state index is 0.00825. The highest BCUT2D eigenvalue weighted by atomic mass is 32.2. The summed E-state index contributed by atoms with van der Waals surface area (Å²) in [6.45, 7) is 2.55. The molecule has 2 aliphatic rings.